The number of rotatable bonds is 3. The van der Waals surface area contributed by atoms with Crippen molar-refractivity contribution < 1.29 is 4.79 Å². The molecule has 0 saturated carbocycles. The van der Waals surface area contributed by atoms with Gasteiger partial charge in [0.1, 0.15) is 6.04 Å². The van der Waals surface area contributed by atoms with Crippen LogP contribution in [0.1, 0.15) is 18.5 Å². The van der Waals surface area contributed by atoms with E-state index in [0.717, 1.165) is 5.56 Å². The monoisotopic (exact) mass is 183 g/mol. The van der Waals surface area contributed by atoms with Gasteiger partial charge in [0, 0.05) is 0 Å². The van der Waals surface area contributed by atoms with E-state index in [1.165, 1.54) is 6.92 Å². The minimum atomic E-state index is -0.395. The molecule has 1 aromatic carbocycles. The van der Waals surface area contributed by atoms with E-state index in [1.54, 1.807) is 0 Å². The summed E-state index contributed by atoms with van der Waals surface area (Å²) in [7, 11) is 0. The second-order valence-corrected chi connectivity index (χ2v) is 2.78. The Kier molecular flexibility index (Phi) is 3.26. The highest BCUT2D eigenvalue weighted by molar-refractivity contribution is 6.15. The van der Waals surface area contributed by atoms with Gasteiger partial charge in [0.05, 0.1) is 0 Å². The van der Waals surface area contributed by atoms with E-state index in [1.807, 2.05) is 30.3 Å². The number of halogens is 1. The fraction of sp³-hybridized carbons (Fsp3) is 0.222. The Morgan fingerprint density at radius 1 is 1.42 bits per heavy atom. The third-order valence-electron chi connectivity index (χ3n) is 1.65. The second kappa shape index (κ2) is 4.24. The van der Waals surface area contributed by atoms with Gasteiger partial charge in [-0.25, -0.2) is 4.84 Å². The standard InChI is InChI=1S/C9H10ClNO/c1-7(12)9(11-10)8-5-3-2-4-6-8/h2-6,9,11H,1H3/t9-/m1/s1. The van der Waals surface area contributed by atoms with Crippen molar-refractivity contribution in [3.63, 3.8) is 0 Å². The number of Topliss-reactive ketones (excluding diaryl/α,β-unsaturated/α-hetero) is 1. The Balaban J connectivity index is 2.88. The molecule has 0 spiro atoms. The molecule has 0 unspecified atom stereocenters. The van der Waals surface area contributed by atoms with Crippen LogP contribution in [0.2, 0.25) is 0 Å². The number of benzene rings is 1. The Bertz CT molecular complexity index is 260. The van der Waals surface area contributed by atoms with Crippen molar-refractivity contribution in [3.8, 4) is 0 Å². The van der Waals surface area contributed by atoms with Crippen LogP contribution in [0, 0.1) is 0 Å². The van der Waals surface area contributed by atoms with Crippen molar-refractivity contribution >= 4 is 17.6 Å². The summed E-state index contributed by atoms with van der Waals surface area (Å²) in [5.74, 6) is 0.0104. The lowest BCUT2D eigenvalue weighted by molar-refractivity contribution is -0.118. The highest BCUT2D eigenvalue weighted by Crippen LogP contribution is 2.13. The maximum absolute atomic E-state index is 11.0. The van der Waals surface area contributed by atoms with Gasteiger partial charge in [-0.1, -0.05) is 30.3 Å². The molecule has 0 aliphatic carbocycles. The number of nitrogens with one attached hydrogen (secondary N) is 1. The zero-order valence-electron chi connectivity index (χ0n) is 6.75. The van der Waals surface area contributed by atoms with Crippen LogP contribution in [0.4, 0.5) is 0 Å². The number of carbonyl (C=O) groups is 1. The van der Waals surface area contributed by atoms with E-state index in [4.69, 9.17) is 11.8 Å². The van der Waals surface area contributed by atoms with Gasteiger partial charge in [-0.2, -0.15) is 0 Å². The normalized spacial score (nSPS) is 12.5. The average Bonchev–Trinajstić information content (AvgIpc) is 2.07. The van der Waals surface area contributed by atoms with Crippen LogP contribution in [-0.2, 0) is 4.79 Å². The molecule has 0 aliphatic rings. The average molecular weight is 184 g/mol. The summed E-state index contributed by atoms with van der Waals surface area (Å²) >= 11 is 5.43. The Labute approximate surface area is 76.7 Å². The summed E-state index contributed by atoms with van der Waals surface area (Å²) in [6.45, 7) is 1.51. The summed E-state index contributed by atoms with van der Waals surface area (Å²) < 4.78 is 0. The van der Waals surface area contributed by atoms with E-state index in [9.17, 15) is 4.79 Å². The predicted molar refractivity (Wildman–Crippen MR) is 48.9 cm³/mol. The molecule has 2 nitrogen and oxygen atoms in total. The molecule has 64 valence electrons. The topological polar surface area (TPSA) is 29.1 Å². The lowest BCUT2D eigenvalue weighted by Gasteiger charge is -2.10. The summed E-state index contributed by atoms with van der Waals surface area (Å²) in [4.78, 5) is 13.5. The van der Waals surface area contributed by atoms with Crippen LogP contribution in [0.25, 0.3) is 0 Å². The molecular weight excluding hydrogens is 174 g/mol. The molecule has 1 N–H and O–H groups in total. The van der Waals surface area contributed by atoms with Crippen LogP contribution >= 0.6 is 11.8 Å². The minimum Gasteiger partial charge on any atom is -0.298 e. The Hall–Kier alpha value is -0.860. The first kappa shape index (κ1) is 9.23. The molecule has 0 aliphatic heterocycles. The maximum atomic E-state index is 11.0. The van der Waals surface area contributed by atoms with Crippen LogP contribution in [0.15, 0.2) is 30.3 Å². The molecule has 0 radical (unpaired) electrons. The summed E-state index contributed by atoms with van der Waals surface area (Å²) in [6, 6.07) is 8.98. The molecule has 0 heterocycles. The lowest BCUT2D eigenvalue weighted by Crippen LogP contribution is -2.18. The highest BCUT2D eigenvalue weighted by atomic mass is 35.5. The van der Waals surface area contributed by atoms with Crippen molar-refractivity contribution in [3.05, 3.63) is 35.9 Å². The molecule has 3 heteroatoms. The first-order valence-electron chi connectivity index (χ1n) is 3.67. The fourth-order valence-electron chi connectivity index (χ4n) is 1.02. The second-order valence-electron chi connectivity index (χ2n) is 2.56. The van der Waals surface area contributed by atoms with Gasteiger partial charge < -0.3 is 0 Å². The van der Waals surface area contributed by atoms with Crippen molar-refractivity contribution in [2.24, 2.45) is 0 Å². The number of hydrogen-bond acceptors (Lipinski definition) is 2. The molecule has 0 saturated heterocycles. The van der Waals surface area contributed by atoms with Crippen molar-refractivity contribution in [1.82, 2.24) is 4.84 Å². The first-order valence-corrected chi connectivity index (χ1v) is 4.05. The molecular formula is C9H10ClNO. The Morgan fingerprint density at radius 3 is 2.42 bits per heavy atom. The van der Waals surface area contributed by atoms with Crippen molar-refractivity contribution in [1.29, 1.82) is 0 Å². The van der Waals surface area contributed by atoms with E-state index >= 15 is 0 Å². The smallest absolute Gasteiger partial charge is 0.152 e. The SMILES string of the molecule is CC(=O)[C@@H](NCl)c1ccccc1. The molecule has 1 rings (SSSR count). The van der Waals surface area contributed by atoms with Crippen molar-refractivity contribution in [2.45, 2.75) is 13.0 Å². The molecule has 0 fully saturated rings. The number of ketones is 1. The molecule has 0 bridgehead atoms. The van der Waals surface area contributed by atoms with E-state index < -0.39 is 6.04 Å². The zero-order chi connectivity index (χ0) is 8.97. The summed E-state index contributed by atoms with van der Waals surface area (Å²) in [5, 5.41) is 0. The van der Waals surface area contributed by atoms with Gasteiger partial charge in [0.25, 0.3) is 0 Å². The van der Waals surface area contributed by atoms with Gasteiger partial charge >= 0.3 is 0 Å². The largest absolute Gasteiger partial charge is 0.298 e. The fourth-order valence-corrected chi connectivity index (χ4v) is 1.30. The molecule has 12 heavy (non-hydrogen) atoms. The van der Waals surface area contributed by atoms with Gasteiger partial charge in [0.2, 0.25) is 0 Å². The van der Waals surface area contributed by atoms with E-state index in [0.29, 0.717) is 0 Å². The molecule has 0 aromatic heterocycles. The van der Waals surface area contributed by atoms with E-state index in [-0.39, 0.29) is 5.78 Å². The number of hydrogen-bond donors (Lipinski definition) is 1. The first-order chi connectivity index (χ1) is 5.75. The zero-order valence-corrected chi connectivity index (χ0v) is 7.51. The van der Waals surface area contributed by atoms with E-state index in [2.05, 4.69) is 4.84 Å². The molecule has 0 amide bonds. The maximum Gasteiger partial charge on any atom is 0.152 e. The van der Waals surface area contributed by atoms with Gasteiger partial charge in [-0.15, -0.1) is 0 Å². The van der Waals surface area contributed by atoms with Gasteiger partial charge in [-0.05, 0) is 24.3 Å². The quantitative estimate of drug-likeness (QED) is 0.727. The van der Waals surface area contributed by atoms with Gasteiger partial charge in [0.15, 0.2) is 5.78 Å². The van der Waals surface area contributed by atoms with Crippen LogP contribution in [0.3, 0.4) is 0 Å². The summed E-state index contributed by atoms with van der Waals surface area (Å²) in [6.07, 6.45) is 0. The Morgan fingerprint density at radius 2 is 2.00 bits per heavy atom. The minimum absolute atomic E-state index is 0.0104. The molecule has 1 aromatic rings. The van der Waals surface area contributed by atoms with Crippen molar-refractivity contribution in [2.75, 3.05) is 0 Å². The summed E-state index contributed by atoms with van der Waals surface area (Å²) in [5.41, 5.74) is 0.889. The van der Waals surface area contributed by atoms with Crippen LogP contribution in [-0.4, -0.2) is 5.78 Å². The lowest BCUT2D eigenvalue weighted by atomic mass is 10.1. The molecule has 1 atom stereocenters. The van der Waals surface area contributed by atoms with Crippen LogP contribution in [0.5, 0.6) is 0 Å². The van der Waals surface area contributed by atoms with Gasteiger partial charge in [-0.3, -0.25) is 4.79 Å². The highest BCUT2D eigenvalue weighted by Gasteiger charge is 2.13. The third kappa shape index (κ3) is 2.06. The predicted octanol–water partition coefficient (Wildman–Crippen LogP) is 2.06. The number of carbonyl (C=O) groups excluding carboxylic acids is 1. The third-order valence-corrected chi connectivity index (χ3v) is 1.87. The van der Waals surface area contributed by atoms with Crippen LogP contribution < -0.4 is 4.84 Å².